The minimum Gasteiger partial charge on any atom is -0.457 e. The molecule has 22 heavy (non-hydrogen) atoms. The van der Waals surface area contributed by atoms with Crippen LogP contribution in [0.2, 0.25) is 0 Å². The van der Waals surface area contributed by atoms with E-state index in [-0.39, 0.29) is 0 Å². The first kappa shape index (κ1) is 14.4. The minimum absolute atomic E-state index is 0.882. The molecular formula is C21H20O. The van der Waals surface area contributed by atoms with E-state index in [2.05, 4.69) is 62.4 Å². The third kappa shape index (κ3) is 3.76. The largest absolute Gasteiger partial charge is 0.457 e. The lowest BCUT2D eigenvalue weighted by Crippen LogP contribution is -1.90. The predicted octanol–water partition coefficient (Wildman–Crippen LogP) is 5.69. The number of hydrogen-bond acceptors (Lipinski definition) is 1. The summed E-state index contributed by atoms with van der Waals surface area (Å²) in [6.45, 7) is 4.20. The van der Waals surface area contributed by atoms with Gasteiger partial charge in [0.25, 0.3) is 0 Å². The lowest BCUT2D eigenvalue weighted by Gasteiger charge is -2.09. The zero-order valence-corrected chi connectivity index (χ0v) is 13.0. The molecule has 0 N–H and O–H groups in total. The summed E-state index contributed by atoms with van der Waals surface area (Å²) in [5, 5.41) is 0. The second kappa shape index (κ2) is 6.48. The Balaban J connectivity index is 1.78. The van der Waals surface area contributed by atoms with Crippen LogP contribution in [0.25, 0.3) is 0 Å². The molecule has 0 amide bonds. The first-order valence-corrected chi connectivity index (χ1v) is 7.58. The normalized spacial score (nSPS) is 10.5. The monoisotopic (exact) mass is 288 g/mol. The van der Waals surface area contributed by atoms with Crippen molar-refractivity contribution in [2.75, 3.05) is 0 Å². The van der Waals surface area contributed by atoms with Gasteiger partial charge in [-0.25, -0.2) is 0 Å². The Bertz CT molecular complexity index is 711. The van der Waals surface area contributed by atoms with E-state index >= 15 is 0 Å². The molecular weight excluding hydrogens is 268 g/mol. The highest BCUT2D eigenvalue weighted by atomic mass is 16.5. The fourth-order valence-corrected chi connectivity index (χ4v) is 2.59. The zero-order chi connectivity index (χ0) is 15.4. The molecule has 1 heteroatoms. The molecule has 0 fully saturated rings. The molecule has 0 aromatic heterocycles. The molecule has 0 unspecified atom stereocenters. The molecule has 0 spiro atoms. The molecule has 0 atom stereocenters. The van der Waals surface area contributed by atoms with Gasteiger partial charge >= 0.3 is 0 Å². The van der Waals surface area contributed by atoms with E-state index in [4.69, 9.17) is 4.74 Å². The second-order valence-electron chi connectivity index (χ2n) is 5.73. The molecule has 0 bridgehead atoms. The van der Waals surface area contributed by atoms with Crippen LogP contribution >= 0.6 is 0 Å². The van der Waals surface area contributed by atoms with Crippen LogP contribution in [-0.4, -0.2) is 0 Å². The van der Waals surface area contributed by atoms with Crippen LogP contribution in [0.15, 0.2) is 72.8 Å². The molecule has 3 rings (SSSR count). The maximum absolute atomic E-state index is 5.96. The fourth-order valence-electron chi connectivity index (χ4n) is 2.59. The van der Waals surface area contributed by atoms with Gasteiger partial charge in [-0.2, -0.15) is 0 Å². The van der Waals surface area contributed by atoms with Gasteiger partial charge in [-0.15, -0.1) is 0 Å². The van der Waals surface area contributed by atoms with Gasteiger partial charge in [0, 0.05) is 0 Å². The second-order valence-corrected chi connectivity index (χ2v) is 5.73. The van der Waals surface area contributed by atoms with Gasteiger partial charge in [-0.1, -0.05) is 54.1 Å². The van der Waals surface area contributed by atoms with Crippen molar-refractivity contribution in [1.29, 1.82) is 0 Å². The van der Waals surface area contributed by atoms with E-state index in [0.717, 1.165) is 17.9 Å². The first-order chi connectivity index (χ1) is 10.7. The molecule has 0 heterocycles. The van der Waals surface area contributed by atoms with Crippen molar-refractivity contribution in [1.82, 2.24) is 0 Å². The standard InChI is InChI=1S/C21H20O/c1-16-6-3-8-18(12-16)14-19-9-5-11-21(15-19)22-20-10-4-7-17(2)13-20/h3-13,15H,14H2,1-2H3. The minimum atomic E-state index is 0.882. The van der Waals surface area contributed by atoms with E-state index in [1.54, 1.807) is 0 Å². The van der Waals surface area contributed by atoms with E-state index in [9.17, 15) is 0 Å². The Morgan fingerprint density at radius 1 is 0.636 bits per heavy atom. The molecule has 0 saturated carbocycles. The Morgan fingerprint density at radius 2 is 1.18 bits per heavy atom. The van der Waals surface area contributed by atoms with Gasteiger partial charge in [0.1, 0.15) is 11.5 Å². The van der Waals surface area contributed by atoms with Crippen LogP contribution in [-0.2, 0) is 6.42 Å². The van der Waals surface area contributed by atoms with Gasteiger partial charge in [0.2, 0.25) is 0 Å². The molecule has 0 aliphatic heterocycles. The van der Waals surface area contributed by atoms with Crippen LogP contribution < -0.4 is 4.74 Å². The number of rotatable bonds is 4. The van der Waals surface area contributed by atoms with Crippen molar-refractivity contribution >= 4 is 0 Å². The Kier molecular flexibility index (Phi) is 4.24. The summed E-state index contributed by atoms with van der Waals surface area (Å²) in [5.74, 6) is 1.77. The topological polar surface area (TPSA) is 9.23 Å². The van der Waals surface area contributed by atoms with Crippen LogP contribution in [0.1, 0.15) is 22.3 Å². The number of aryl methyl sites for hydroxylation is 2. The summed E-state index contributed by atoms with van der Waals surface area (Å²) >= 11 is 0. The third-order valence-corrected chi connectivity index (χ3v) is 3.61. The van der Waals surface area contributed by atoms with Crippen molar-refractivity contribution in [3.05, 3.63) is 95.1 Å². The first-order valence-electron chi connectivity index (χ1n) is 7.58. The Morgan fingerprint density at radius 3 is 1.86 bits per heavy atom. The third-order valence-electron chi connectivity index (χ3n) is 3.61. The van der Waals surface area contributed by atoms with E-state index in [0.29, 0.717) is 0 Å². The quantitative estimate of drug-likeness (QED) is 0.599. The summed E-state index contributed by atoms with van der Waals surface area (Å²) in [4.78, 5) is 0. The van der Waals surface area contributed by atoms with E-state index < -0.39 is 0 Å². The van der Waals surface area contributed by atoms with Gasteiger partial charge < -0.3 is 4.74 Å². The summed E-state index contributed by atoms with van der Waals surface area (Å²) in [5.41, 5.74) is 5.08. The van der Waals surface area contributed by atoms with Crippen molar-refractivity contribution < 1.29 is 4.74 Å². The highest BCUT2D eigenvalue weighted by molar-refractivity contribution is 5.37. The summed E-state index contributed by atoms with van der Waals surface area (Å²) in [6.07, 6.45) is 0.923. The van der Waals surface area contributed by atoms with Gasteiger partial charge in [-0.05, 0) is 61.2 Å². The molecule has 0 saturated heterocycles. The van der Waals surface area contributed by atoms with Crippen LogP contribution in [0.4, 0.5) is 0 Å². The number of hydrogen-bond donors (Lipinski definition) is 0. The number of ether oxygens (including phenoxy) is 1. The number of benzene rings is 3. The smallest absolute Gasteiger partial charge is 0.127 e. The molecule has 1 nitrogen and oxygen atoms in total. The van der Waals surface area contributed by atoms with Gasteiger partial charge in [-0.3, -0.25) is 0 Å². The summed E-state index contributed by atoms with van der Waals surface area (Å²) < 4.78 is 5.96. The van der Waals surface area contributed by atoms with Crippen molar-refractivity contribution in [3.8, 4) is 11.5 Å². The maximum Gasteiger partial charge on any atom is 0.127 e. The van der Waals surface area contributed by atoms with Crippen LogP contribution in [0, 0.1) is 13.8 Å². The molecule has 0 aliphatic rings. The van der Waals surface area contributed by atoms with Crippen molar-refractivity contribution in [2.24, 2.45) is 0 Å². The zero-order valence-electron chi connectivity index (χ0n) is 13.0. The van der Waals surface area contributed by atoms with Crippen LogP contribution in [0.5, 0.6) is 11.5 Å². The molecule has 0 radical (unpaired) electrons. The molecule has 3 aromatic rings. The molecule has 110 valence electrons. The lowest BCUT2D eigenvalue weighted by atomic mass is 10.0. The van der Waals surface area contributed by atoms with Crippen LogP contribution in [0.3, 0.4) is 0 Å². The lowest BCUT2D eigenvalue weighted by molar-refractivity contribution is 0.481. The van der Waals surface area contributed by atoms with Crippen molar-refractivity contribution in [2.45, 2.75) is 20.3 Å². The van der Waals surface area contributed by atoms with E-state index in [1.807, 2.05) is 24.3 Å². The fraction of sp³-hybridized carbons (Fsp3) is 0.143. The highest BCUT2D eigenvalue weighted by Crippen LogP contribution is 2.24. The van der Waals surface area contributed by atoms with Crippen molar-refractivity contribution in [3.63, 3.8) is 0 Å². The Hall–Kier alpha value is -2.54. The average Bonchev–Trinajstić information content (AvgIpc) is 2.47. The Labute approximate surface area is 132 Å². The SMILES string of the molecule is Cc1cccc(Cc2cccc(Oc3cccc(C)c3)c2)c1. The summed E-state index contributed by atoms with van der Waals surface area (Å²) in [6, 6.07) is 25.1. The average molecular weight is 288 g/mol. The predicted molar refractivity (Wildman–Crippen MR) is 91.7 cm³/mol. The summed E-state index contributed by atoms with van der Waals surface area (Å²) in [7, 11) is 0. The highest BCUT2D eigenvalue weighted by Gasteiger charge is 2.01. The van der Waals surface area contributed by atoms with E-state index in [1.165, 1.54) is 22.3 Å². The van der Waals surface area contributed by atoms with Gasteiger partial charge in [0.05, 0.1) is 0 Å². The molecule has 0 aliphatic carbocycles. The maximum atomic E-state index is 5.96. The van der Waals surface area contributed by atoms with Gasteiger partial charge in [0.15, 0.2) is 0 Å². The molecule has 3 aromatic carbocycles.